The van der Waals surface area contributed by atoms with E-state index in [1.54, 1.807) is 18.2 Å². The molecule has 1 atom stereocenters. The number of carbonyl (C=O) groups is 1. The predicted molar refractivity (Wildman–Crippen MR) is 106 cm³/mol. The molecule has 0 aliphatic rings. The average Bonchev–Trinajstić information content (AvgIpc) is 2.62. The van der Waals surface area contributed by atoms with Crippen molar-refractivity contribution in [3.05, 3.63) is 63.9 Å². The molecule has 0 radical (unpaired) electrons. The summed E-state index contributed by atoms with van der Waals surface area (Å²) < 4.78 is 1.30. The Morgan fingerprint density at radius 3 is 2.56 bits per heavy atom. The van der Waals surface area contributed by atoms with Crippen molar-refractivity contribution in [1.29, 1.82) is 0 Å². The summed E-state index contributed by atoms with van der Waals surface area (Å²) in [6.07, 6.45) is 0.654. The van der Waals surface area contributed by atoms with Crippen LogP contribution in [-0.2, 0) is 6.54 Å². The summed E-state index contributed by atoms with van der Waals surface area (Å²) in [4.78, 5) is 24.9. The van der Waals surface area contributed by atoms with Crippen molar-refractivity contribution in [3.63, 3.8) is 0 Å². The van der Waals surface area contributed by atoms with Crippen molar-refractivity contribution < 1.29 is 4.79 Å². The third-order valence-corrected chi connectivity index (χ3v) is 4.33. The molecule has 7 nitrogen and oxygen atoms in total. The SMILES string of the molecule is CC[C@@H](Cn1nnc2ccccc2c1=O)NC(=O)Nc1cc(C)cc(C)c1. The van der Waals surface area contributed by atoms with Gasteiger partial charge in [-0.3, -0.25) is 4.79 Å². The number of hydrogen-bond donors (Lipinski definition) is 2. The molecule has 3 aromatic rings. The van der Waals surface area contributed by atoms with Gasteiger partial charge in [0.05, 0.1) is 18.0 Å². The summed E-state index contributed by atoms with van der Waals surface area (Å²) in [7, 11) is 0. The van der Waals surface area contributed by atoms with Crippen molar-refractivity contribution in [3.8, 4) is 0 Å². The largest absolute Gasteiger partial charge is 0.333 e. The van der Waals surface area contributed by atoms with E-state index >= 15 is 0 Å². The minimum Gasteiger partial charge on any atom is -0.333 e. The third kappa shape index (κ3) is 4.49. The predicted octanol–water partition coefficient (Wildman–Crippen LogP) is 3.01. The summed E-state index contributed by atoms with van der Waals surface area (Å²) in [6.45, 7) is 6.17. The first-order chi connectivity index (χ1) is 13.0. The Kier molecular flexibility index (Phi) is 5.49. The molecule has 2 amide bonds. The number of carbonyl (C=O) groups excluding carboxylic acids is 1. The molecular formula is C20H23N5O2. The molecule has 1 heterocycles. The van der Waals surface area contributed by atoms with Crippen LogP contribution < -0.4 is 16.2 Å². The second kappa shape index (κ2) is 7.99. The fourth-order valence-corrected chi connectivity index (χ4v) is 3.03. The topological polar surface area (TPSA) is 88.9 Å². The van der Waals surface area contributed by atoms with E-state index in [1.807, 2.05) is 45.0 Å². The number of rotatable bonds is 5. The molecule has 140 valence electrons. The van der Waals surface area contributed by atoms with Gasteiger partial charge in [0.15, 0.2) is 0 Å². The summed E-state index contributed by atoms with van der Waals surface area (Å²) >= 11 is 0. The van der Waals surface area contributed by atoms with E-state index in [2.05, 4.69) is 20.9 Å². The van der Waals surface area contributed by atoms with Crippen molar-refractivity contribution >= 4 is 22.6 Å². The van der Waals surface area contributed by atoms with Crippen LogP contribution >= 0.6 is 0 Å². The molecule has 2 N–H and O–H groups in total. The Morgan fingerprint density at radius 2 is 1.85 bits per heavy atom. The van der Waals surface area contributed by atoms with Crippen LogP contribution in [-0.4, -0.2) is 27.1 Å². The Balaban J connectivity index is 1.71. The number of aryl methyl sites for hydroxylation is 2. The molecule has 7 heteroatoms. The highest BCUT2D eigenvalue weighted by Crippen LogP contribution is 2.13. The van der Waals surface area contributed by atoms with Gasteiger partial charge < -0.3 is 10.6 Å². The van der Waals surface area contributed by atoms with Crippen LogP contribution in [0.2, 0.25) is 0 Å². The maximum Gasteiger partial charge on any atom is 0.319 e. The van der Waals surface area contributed by atoms with Gasteiger partial charge in [-0.05, 0) is 55.7 Å². The number of nitrogens with one attached hydrogen (secondary N) is 2. The number of nitrogens with zero attached hydrogens (tertiary/aromatic N) is 3. The van der Waals surface area contributed by atoms with Gasteiger partial charge in [0, 0.05) is 5.69 Å². The van der Waals surface area contributed by atoms with E-state index in [-0.39, 0.29) is 24.2 Å². The van der Waals surface area contributed by atoms with Gasteiger partial charge in [-0.1, -0.05) is 30.3 Å². The molecular weight excluding hydrogens is 342 g/mol. The summed E-state index contributed by atoms with van der Waals surface area (Å²) in [5.41, 5.74) is 3.25. The van der Waals surface area contributed by atoms with E-state index < -0.39 is 0 Å². The van der Waals surface area contributed by atoms with Gasteiger partial charge in [0.2, 0.25) is 0 Å². The highest BCUT2D eigenvalue weighted by Gasteiger charge is 2.14. The van der Waals surface area contributed by atoms with Crippen molar-refractivity contribution in [2.24, 2.45) is 0 Å². The van der Waals surface area contributed by atoms with Crippen LogP contribution in [0, 0.1) is 13.8 Å². The minimum absolute atomic E-state index is 0.212. The Morgan fingerprint density at radius 1 is 1.15 bits per heavy atom. The number of amides is 2. The lowest BCUT2D eigenvalue weighted by Gasteiger charge is -2.18. The molecule has 0 aliphatic carbocycles. The first-order valence-electron chi connectivity index (χ1n) is 8.94. The van der Waals surface area contributed by atoms with Crippen LogP contribution in [0.15, 0.2) is 47.3 Å². The Hall–Kier alpha value is -3.22. The normalized spacial score (nSPS) is 12.0. The quantitative estimate of drug-likeness (QED) is 0.727. The molecule has 0 unspecified atom stereocenters. The zero-order chi connectivity index (χ0) is 19.4. The standard InChI is InChI=1S/C20H23N5O2/c1-4-15(21-20(27)22-16-10-13(2)9-14(3)11-16)12-25-19(26)17-7-5-6-8-18(17)23-24-25/h5-11,15H,4,12H2,1-3H3,(H2,21,22,27)/t15-/m0/s1. The Labute approximate surface area is 157 Å². The van der Waals surface area contributed by atoms with Crippen LogP contribution in [0.1, 0.15) is 24.5 Å². The molecule has 0 saturated heterocycles. The zero-order valence-corrected chi connectivity index (χ0v) is 15.7. The first kappa shape index (κ1) is 18.6. The first-order valence-corrected chi connectivity index (χ1v) is 8.94. The van der Waals surface area contributed by atoms with Gasteiger partial charge in [-0.25, -0.2) is 9.48 Å². The van der Waals surface area contributed by atoms with Gasteiger partial charge in [0.1, 0.15) is 5.52 Å². The Bertz CT molecular complexity index is 1010. The molecule has 27 heavy (non-hydrogen) atoms. The second-order valence-electron chi connectivity index (χ2n) is 6.67. The minimum atomic E-state index is -0.311. The lowest BCUT2D eigenvalue weighted by Crippen LogP contribution is -2.42. The number of benzene rings is 2. The summed E-state index contributed by atoms with van der Waals surface area (Å²) in [5.74, 6) is 0. The van der Waals surface area contributed by atoms with Gasteiger partial charge in [-0.2, -0.15) is 0 Å². The fraction of sp³-hybridized carbons (Fsp3) is 0.300. The number of fused-ring (bicyclic) bond motifs is 1. The average molecular weight is 365 g/mol. The molecule has 0 aliphatic heterocycles. The smallest absolute Gasteiger partial charge is 0.319 e. The number of urea groups is 1. The van der Waals surface area contributed by atoms with Crippen molar-refractivity contribution in [1.82, 2.24) is 20.3 Å². The number of anilines is 1. The summed E-state index contributed by atoms with van der Waals surface area (Å²) in [5, 5.41) is 14.3. The van der Waals surface area contributed by atoms with Gasteiger partial charge in [0.25, 0.3) is 5.56 Å². The summed E-state index contributed by atoms with van der Waals surface area (Å²) in [6, 6.07) is 12.4. The second-order valence-corrected chi connectivity index (χ2v) is 6.67. The maximum absolute atomic E-state index is 12.6. The monoisotopic (exact) mass is 365 g/mol. The molecule has 3 rings (SSSR count). The number of aromatic nitrogens is 3. The van der Waals surface area contributed by atoms with Crippen LogP contribution in [0.3, 0.4) is 0 Å². The molecule has 2 aromatic carbocycles. The third-order valence-electron chi connectivity index (χ3n) is 4.33. The highest BCUT2D eigenvalue weighted by atomic mass is 16.2. The maximum atomic E-state index is 12.6. The fourth-order valence-electron chi connectivity index (χ4n) is 3.03. The lowest BCUT2D eigenvalue weighted by atomic mass is 10.1. The van der Waals surface area contributed by atoms with E-state index in [1.165, 1.54) is 4.68 Å². The van der Waals surface area contributed by atoms with E-state index in [9.17, 15) is 9.59 Å². The zero-order valence-electron chi connectivity index (χ0n) is 15.7. The molecule has 0 bridgehead atoms. The van der Waals surface area contributed by atoms with E-state index in [0.717, 1.165) is 16.8 Å². The molecule has 1 aromatic heterocycles. The van der Waals surface area contributed by atoms with Crippen LogP contribution in [0.4, 0.5) is 10.5 Å². The molecule has 0 spiro atoms. The van der Waals surface area contributed by atoms with Gasteiger partial charge in [-0.15, -0.1) is 5.10 Å². The van der Waals surface area contributed by atoms with Crippen molar-refractivity contribution in [2.75, 3.05) is 5.32 Å². The highest BCUT2D eigenvalue weighted by molar-refractivity contribution is 5.89. The van der Waals surface area contributed by atoms with Gasteiger partial charge >= 0.3 is 6.03 Å². The van der Waals surface area contributed by atoms with Crippen LogP contribution in [0.25, 0.3) is 10.9 Å². The van der Waals surface area contributed by atoms with Crippen molar-refractivity contribution in [2.45, 2.75) is 39.8 Å². The van der Waals surface area contributed by atoms with E-state index in [0.29, 0.717) is 17.3 Å². The number of hydrogen-bond acceptors (Lipinski definition) is 4. The lowest BCUT2D eigenvalue weighted by molar-refractivity contribution is 0.245. The molecule has 0 saturated carbocycles. The van der Waals surface area contributed by atoms with E-state index in [4.69, 9.17) is 0 Å². The van der Waals surface area contributed by atoms with Crippen LogP contribution in [0.5, 0.6) is 0 Å². The molecule has 0 fully saturated rings.